The molecular formula is C17H16N4O2S. The van der Waals surface area contributed by atoms with Gasteiger partial charge in [0.15, 0.2) is 11.5 Å². The van der Waals surface area contributed by atoms with Crippen LogP contribution >= 0.6 is 11.8 Å². The van der Waals surface area contributed by atoms with E-state index in [1.807, 2.05) is 43.5 Å². The van der Waals surface area contributed by atoms with Gasteiger partial charge in [0.1, 0.15) is 11.4 Å². The van der Waals surface area contributed by atoms with Gasteiger partial charge in [-0.2, -0.15) is 15.4 Å². The fourth-order valence-corrected chi connectivity index (χ4v) is 3.34. The summed E-state index contributed by atoms with van der Waals surface area (Å²) in [4.78, 5) is 1.04. The van der Waals surface area contributed by atoms with E-state index in [1.54, 1.807) is 11.8 Å². The van der Waals surface area contributed by atoms with Crippen molar-refractivity contribution in [3.63, 3.8) is 0 Å². The number of nitrogens with one attached hydrogen (secondary N) is 1. The number of aromatic amines is 1. The Morgan fingerprint density at radius 1 is 1.08 bits per heavy atom. The molecule has 0 atom stereocenters. The van der Waals surface area contributed by atoms with E-state index >= 15 is 0 Å². The number of ether oxygens (including phenoxy) is 2. The van der Waals surface area contributed by atoms with E-state index < -0.39 is 0 Å². The fourth-order valence-electron chi connectivity index (χ4n) is 2.84. The van der Waals surface area contributed by atoms with Crippen LogP contribution in [0.4, 0.5) is 5.69 Å². The summed E-state index contributed by atoms with van der Waals surface area (Å²) in [5.41, 5.74) is 11.2. The van der Waals surface area contributed by atoms with Crippen LogP contribution in [0.5, 0.6) is 11.5 Å². The number of hydrogen-bond acceptors (Lipinski definition) is 6. The number of hydrogen-bond donors (Lipinski definition) is 2. The molecule has 0 unspecified atom stereocenters. The summed E-state index contributed by atoms with van der Waals surface area (Å²) >= 11 is 1.62. The second kappa shape index (κ2) is 5.76. The molecule has 0 fully saturated rings. The first kappa shape index (κ1) is 14.9. The maximum Gasteiger partial charge on any atom is 0.231 e. The van der Waals surface area contributed by atoms with Gasteiger partial charge in [0.2, 0.25) is 6.79 Å². The summed E-state index contributed by atoms with van der Waals surface area (Å²) in [7, 11) is 0. The third kappa shape index (κ3) is 2.37. The molecule has 0 bridgehead atoms. The van der Waals surface area contributed by atoms with Crippen LogP contribution in [0.2, 0.25) is 0 Å². The predicted octanol–water partition coefficient (Wildman–Crippen LogP) is 3.48. The van der Waals surface area contributed by atoms with Crippen LogP contribution in [0, 0.1) is 6.92 Å². The lowest BCUT2D eigenvalue weighted by Crippen LogP contribution is -1.93. The molecule has 24 heavy (non-hydrogen) atoms. The Kier molecular flexibility index (Phi) is 3.57. The Labute approximate surface area is 143 Å². The van der Waals surface area contributed by atoms with Crippen molar-refractivity contribution >= 4 is 17.4 Å². The van der Waals surface area contributed by atoms with Gasteiger partial charge >= 0.3 is 0 Å². The van der Waals surface area contributed by atoms with Crippen LogP contribution in [-0.2, 0) is 0 Å². The summed E-state index contributed by atoms with van der Waals surface area (Å²) in [5, 5.41) is 11.3. The molecule has 0 saturated carbocycles. The molecule has 0 aliphatic carbocycles. The second-order valence-electron chi connectivity index (χ2n) is 5.50. The standard InChI is InChI=1S/C17H16N4O2S/c1-9-5-11(7-13-17(9)23-8-22-13)16-15(19-21-20-16)10-3-4-14(24-2)12(18)6-10/h3-7H,8,18H2,1-2H3,(H,19,20,21). The molecule has 3 N–H and O–H groups in total. The third-order valence-electron chi connectivity index (χ3n) is 3.98. The highest BCUT2D eigenvalue weighted by Crippen LogP contribution is 2.40. The molecule has 0 spiro atoms. The van der Waals surface area contributed by atoms with Crippen molar-refractivity contribution in [1.29, 1.82) is 0 Å². The van der Waals surface area contributed by atoms with Gasteiger partial charge in [-0.15, -0.1) is 11.8 Å². The highest BCUT2D eigenvalue weighted by Gasteiger charge is 2.21. The molecule has 1 aliphatic heterocycles. The van der Waals surface area contributed by atoms with E-state index in [1.165, 1.54) is 0 Å². The number of aryl methyl sites for hydroxylation is 1. The Hall–Kier alpha value is -2.67. The van der Waals surface area contributed by atoms with E-state index in [-0.39, 0.29) is 6.79 Å². The van der Waals surface area contributed by atoms with Crippen molar-refractivity contribution in [3.8, 4) is 34.0 Å². The van der Waals surface area contributed by atoms with E-state index in [0.717, 1.165) is 50.2 Å². The molecule has 2 aromatic carbocycles. The molecule has 4 rings (SSSR count). The minimum Gasteiger partial charge on any atom is -0.454 e. The molecule has 1 aliphatic rings. The average Bonchev–Trinajstić information content (AvgIpc) is 3.23. The SMILES string of the molecule is CSc1ccc(-c2n[nH]nc2-c2cc(C)c3c(c2)OCO3)cc1N. The highest BCUT2D eigenvalue weighted by atomic mass is 32.2. The Morgan fingerprint density at radius 2 is 1.88 bits per heavy atom. The maximum atomic E-state index is 6.11. The van der Waals surface area contributed by atoms with Gasteiger partial charge in [-0.05, 0) is 43.0 Å². The van der Waals surface area contributed by atoms with Gasteiger partial charge in [-0.3, -0.25) is 0 Å². The number of nitrogen functional groups attached to an aromatic ring is 1. The van der Waals surface area contributed by atoms with Gasteiger partial charge < -0.3 is 15.2 Å². The first-order valence-corrected chi connectivity index (χ1v) is 8.65. The predicted molar refractivity (Wildman–Crippen MR) is 94.3 cm³/mol. The number of H-pyrrole nitrogens is 1. The Bertz CT molecular complexity index is 923. The molecule has 1 aromatic heterocycles. The van der Waals surface area contributed by atoms with E-state index in [2.05, 4.69) is 15.4 Å². The van der Waals surface area contributed by atoms with Crippen molar-refractivity contribution in [2.45, 2.75) is 11.8 Å². The summed E-state index contributed by atoms with van der Waals surface area (Å²) in [6.07, 6.45) is 2.00. The summed E-state index contributed by atoms with van der Waals surface area (Å²) < 4.78 is 11.0. The van der Waals surface area contributed by atoms with Crippen molar-refractivity contribution < 1.29 is 9.47 Å². The van der Waals surface area contributed by atoms with Gasteiger partial charge in [-0.1, -0.05) is 6.07 Å². The smallest absolute Gasteiger partial charge is 0.231 e. The Balaban J connectivity index is 1.81. The molecule has 6 nitrogen and oxygen atoms in total. The number of thioether (sulfide) groups is 1. The van der Waals surface area contributed by atoms with E-state index in [9.17, 15) is 0 Å². The van der Waals surface area contributed by atoms with Gasteiger partial charge in [0.25, 0.3) is 0 Å². The summed E-state index contributed by atoms with van der Waals surface area (Å²) in [6.45, 7) is 2.24. The van der Waals surface area contributed by atoms with Crippen molar-refractivity contribution in [1.82, 2.24) is 15.4 Å². The van der Waals surface area contributed by atoms with E-state index in [4.69, 9.17) is 15.2 Å². The second-order valence-corrected chi connectivity index (χ2v) is 6.35. The average molecular weight is 340 g/mol. The van der Waals surface area contributed by atoms with Gasteiger partial charge in [-0.25, -0.2) is 0 Å². The van der Waals surface area contributed by atoms with Gasteiger partial charge in [0.05, 0.1) is 0 Å². The van der Waals surface area contributed by atoms with Crippen molar-refractivity contribution in [2.24, 2.45) is 0 Å². The van der Waals surface area contributed by atoms with Crippen LogP contribution in [0.25, 0.3) is 22.5 Å². The molecule has 122 valence electrons. The van der Waals surface area contributed by atoms with Gasteiger partial charge in [0, 0.05) is 21.7 Å². The van der Waals surface area contributed by atoms with Crippen molar-refractivity contribution in [3.05, 3.63) is 35.9 Å². The maximum absolute atomic E-state index is 6.11. The summed E-state index contributed by atoms with van der Waals surface area (Å²) in [6, 6.07) is 9.87. The number of rotatable bonds is 3. The molecular weight excluding hydrogens is 324 g/mol. The highest BCUT2D eigenvalue weighted by molar-refractivity contribution is 7.98. The minimum absolute atomic E-state index is 0.248. The monoisotopic (exact) mass is 340 g/mol. The fraction of sp³-hybridized carbons (Fsp3) is 0.176. The number of nitrogens with two attached hydrogens (primary N) is 1. The third-order valence-corrected chi connectivity index (χ3v) is 4.79. The zero-order valence-corrected chi connectivity index (χ0v) is 14.1. The van der Waals surface area contributed by atoms with Crippen LogP contribution < -0.4 is 15.2 Å². The first-order valence-electron chi connectivity index (χ1n) is 7.42. The van der Waals surface area contributed by atoms with Crippen LogP contribution in [-0.4, -0.2) is 28.5 Å². The molecule has 2 heterocycles. The number of anilines is 1. The normalized spacial score (nSPS) is 12.6. The lowest BCUT2D eigenvalue weighted by Gasteiger charge is -2.07. The molecule has 0 amide bonds. The van der Waals surface area contributed by atoms with Crippen LogP contribution in [0.1, 0.15) is 5.56 Å². The molecule has 0 radical (unpaired) electrons. The lowest BCUT2D eigenvalue weighted by atomic mass is 10.0. The largest absolute Gasteiger partial charge is 0.454 e. The van der Waals surface area contributed by atoms with Crippen LogP contribution in [0.3, 0.4) is 0 Å². The zero-order valence-electron chi connectivity index (χ0n) is 13.3. The lowest BCUT2D eigenvalue weighted by molar-refractivity contribution is 0.173. The van der Waals surface area contributed by atoms with E-state index in [0.29, 0.717) is 0 Å². The molecule has 3 aromatic rings. The number of aromatic nitrogens is 3. The topological polar surface area (TPSA) is 86.0 Å². The molecule has 7 heteroatoms. The minimum atomic E-state index is 0.248. The number of benzene rings is 2. The van der Waals surface area contributed by atoms with Crippen molar-refractivity contribution in [2.75, 3.05) is 18.8 Å². The Morgan fingerprint density at radius 3 is 2.62 bits per heavy atom. The number of fused-ring (bicyclic) bond motifs is 1. The van der Waals surface area contributed by atoms with Crippen LogP contribution in [0.15, 0.2) is 35.2 Å². The molecule has 0 saturated heterocycles. The summed E-state index contributed by atoms with van der Waals surface area (Å²) in [5.74, 6) is 1.52. The quantitative estimate of drug-likeness (QED) is 0.561. The first-order chi connectivity index (χ1) is 11.7. The number of nitrogens with zero attached hydrogens (tertiary/aromatic N) is 2. The zero-order chi connectivity index (χ0) is 16.7.